The van der Waals surface area contributed by atoms with Gasteiger partial charge in [-0.05, 0) is 37.0 Å². The molecule has 106 valence electrons. The molecule has 1 heterocycles. The van der Waals surface area contributed by atoms with Gasteiger partial charge >= 0.3 is 0 Å². The van der Waals surface area contributed by atoms with Crippen LogP contribution < -0.4 is 0 Å². The Balaban J connectivity index is 2.31. The average Bonchev–Trinajstić information content (AvgIpc) is 2.38. The van der Waals surface area contributed by atoms with E-state index in [-0.39, 0.29) is 4.90 Å². The smallest absolute Gasteiger partial charge is 0.207 e. The Morgan fingerprint density at radius 1 is 1.47 bits per heavy atom. The van der Waals surface area contributed by atoms with Gasteiger partial charge < -0.3 is 0 Å². The molecule has 1 saturated heterocycles. The lowest BCUT2D eigenvalue weighted by Gasteiger charge is -2.31. The van der Waals surface area contributed by atoms with Crippen LogP contribution in [-0.2, 0) is 10.0 Å². The van der Waals surface area contributed by atoms with Crippen LogP contribution in [0.4, 0.5) is 4.39 Å². The molecule has 0 N–H and O–H groups in total. The van der Waals surface area contributed by atoms with Crippen molar-refractivity contribution in [1.29, 1.82) is 0 Å². The average molecular weight is 350 g/mol. The highest BCUT2D eigenvalue weighted by atomic mass is 79.9. The molecular formula is C13H17BrFNO2S. The second-order valence-electron chi connectivity index (χ2n) is 4.85. The molecule has 0 spiro atoms. The van der Waals surface area contributed by atoms with Crippen LogP contribution in [0.2, 0.25) is 0 Å². The quantitative estimate of drug-likeness (QED) is 0.838. The maximum Gasteiger partial charge on any atom is 0.245 e. The Morgan fingerprint density at radius 2 is 2.21 bits per heavy atom. The van der Waals surface area contributed by atoms with Crippen molar-refractivity contribution in [2.75, 3.05) is 13.1 Å². The van der Waals surface area contributed by atoms with E-state index in [4.69, 9.17) is 0 Å². The number of hydrogen-bond donors (Lipinski definition) is 0. The minimum Gasteiger partial charge on any atom is -0.207 e. The Bertz CT molecular complexity index is 562. The fraction of sp³-hybridized carbons (Fsp3) is 0.538. The minimum absolute atomic E-state index is 0.229. The van der Waals surface area contributed by atoms with Gasteiger partial charge in [-0.1, -0.05) is 29.3 Å². The van der Waals surface area contributed by atoms with Gasteiger partial charge in [-0.25, -0.2) is 12.8 Å². The lowest BCUT2D eigenvalue weighted by atomic mass is 9.97. The van der Waals surface area contributed by atoms with E-state index in [2.05, 4.69) is 22.9 Å². The summed E-state index contributed by atoms with van der Waals surface area (Å²) in [6.45, 7) is 3.03. The minimum atomic E-state index is -3.71. The van der Waals surface area contributed by atoms with E-state index in [0.717, 1.165) is 19.3 Å². The summed E-state index contributed by atoms with van der Waals surface area (Å²) in [5, 5.41) is 0. The number of rotatable bonds is 3. The van der Waals surface area contributed by atoms with E-state index in [0.29, 0.717) is 23.5 Å². The Morgan fingerprint density at radius 3 is 2.84 bits per heavy atom. The molecule has 0 radical (unpaired) electrons. The third-order valence-corrected chi connectivity index (χ3v) is 5.96. The van der Waals surface area contributed by atoms with E-state index >= 15 is 0 Å². The van der Waals surface area contributed by atoms with Crippen LogP contribution in [0.25, 0.3) is 0 Å². The Hall–Kier alpha value is -0.460. The number of nitrogens with zero attached hydrogens (tertiary/aromatic N) is 1. The summed E-state index contributed by atoms with van der Waals surface area (Å²) < 4.78 is 40.7. The van der Waals surface area contributed by atoms with Crippen LogP contribution in [0.1, 0.15) is 26.2 Å². The van der Waals surface area contributed by atoms with Gasteiger partial charge in [0.05, 0.1) is 0 Å². The molecule has 1 unspecified atom stereocenters. The second kappa shape index (κ2) is 5.89. The number of piperidine rings is 1. The molecule has 1 aliphatic heterocycles. The zero-order valence-corrected chi connectivity index (χ0v) is 13.2. The molecule has 3 nitrogen and oxygen atoms in total. The molecule has 2 rings (SSSR count). The molecule has 1 aliphatic rings. The Kier molecular flexibility index (Phi) is 4.63. The van der Waals surface area contributed by atoms with Gasteiger partial charge in [0.2, 0.25) is 10.0 Å². The lowest BCUT2D eigenvalue weighted by Crippen LogP contribution is -2.40. The monoisotopic (exact) mass is 349 g/mol. The van der Waals surface area contributed by atoms with Gasteiger partial charge in [-0.2, -0.15) is 4.31 Å². The number of halogens is 2. The molecule has 1 atom stereocenters. The van der Waals surface area contributed by atoms with Crippen LogP contribution >= 0.6 is 15.9 Å². The van der Waals surface area contributed by atoms with Crippen molar-refractivity contribution in [3.8, 4) is 0 Å². The molecule has 1 aromatic rings. The largest absolute Gasteiger partial charge is 0.245 e. The van der Waals surface area contributed by atoms with Crippen LogP contribution in [0.15, 0.2) is 27.6 Å². The molecule has 0 bridgehead atoms. The molecular weight excluding hydrogens is 333 g/mol. The summed E-state index contributed by atoms with van der Waals surface area (Å²) in [4.78, 5) is -0.229. The normalized spacial score (nSPS) is 21.5. The first-order valence-corrected chi connectivity index (χ1v) is 8.63. The molecule has 0 aliphatic carbocycles. The predicted molar refractivity (Wildman–Crippen MR) is 75.9 cm³/mol. The van der Waals surface area contributed by atoms with Crippen molar-refractivity contribution < 1.29 is 12.8 Å². The van der Waals surface area contributed by atoms with Crippen LogP contribution in [0.3, 0.4) is 0 Å². The fourth-order valence-electron chi connectivity index (χ4n) is 2.40. The second-order valence-corrected chi connectivity index (χ2v) is 7.68. The molecule has 1 aromatic carbocycles. The summed E-state index contributed by atoms with van der Waals surface area (Å²) in [5.41, 5.74) is 0. The highest BCUT2D eigenvalue weighted by molar-refractivity contribution is 9.10. The SMILES string of the molecule is CCC1CCCN(S(=O)(=O)c2ccc(Br)cc2F)C1. The van der Waals surface area contributed by atoms with Gasteiger partial charge in [0.15, 0.2) is 0 Å². The summed E-state index contributed by atoms with van der Waals surface area (Å²) in [6.07, 6.45) is 2.84. The summed E-state index contributed by atoms with van der Waals surface area (Å²) in [5.74, 6) is -0.324. The molecule has 0 aromatic heterocycles. The van der Waals surface area contributed by atoms with Crippen molar-refractivity contribution in [3.05, 3.63) is 28.5 Å². The maximum atomic E-state index is 13.8. The Labute approximate surface area is 122 Å². The fourth-order valence-corrected chi connectivity index (χ4v) is 4.34. The van der Waals surface area contributed by atoms with Crippen molar-refractivity contribution in [1.82, 2.24) is 4.31 Å². The van der Waals surface area contributed by atoms with Crippen molar-refractivity contribution >= 4 is 26.0 Å². The first-order valence-electron chi connectivity index (χ1n) is 6.40. The van der Waals surface area contributed by atoms with Gasteiger partial charge in [-0.3, -0.25) is 0 Å². The third-order valence-electron chi connectivity index (χ3n) is 3.57. The predicted octanol–water partition coefficient (Wildman–Crippen LogP) is 3.40. The van der Waals surface area contributed by atoms with Gasteiger partial charge in [0.1, 0.15) is 10.7 Å². The summed E-state index contributed by atoms with van der Waals surface area (Å²) >= 11 is 3.13. The van der Waals surface area contributed by atoms with Crippen molar-refractivity contribution in [2.45, 2.75) is 31.1 Å². The standard InChI is InChI=1S/C13H17BrFNO2S/c1-2-10-4-3-7-16(9-10)19(17,18)13-6-5-11(14)8-12(13)15/h5-6,8,10H,2-4,7,9H2,1H3. The van der Waals surface area contributed by atoms with E-state index < -0.39 is 15.8 Å². The molecule has 0 saturated carbocycles. The van der Waals surface area contributed by atoms with Gasteiger partial charge in [0.25, 0.3) is 0 Å². The van der Waals surface area contributed by atoms with E-state index in [1.165, 1.54) is 16.4 Å². The molecule has 0 amide bonds. The first kappa shape index (κ1) is 14.9. The van der Waals surface area contributed by atoms with Crippen LogP contribution in [0, 0.1) is 11.7 Å². The third kappa shape index (κ3) is 3.17. The number of benzene rings is 1. The van der Waals surface area contributed by atoms with E-state index in [1.807, 2.05) is 0 Å². The zero-order chi connectivity index (χ0) is 14.0. The van der Waals surface area contributed by atoms with Crippen LogP contribution in [0.5, 0.6) is 0 Å². The van der Waals surface area contributed by atoms with E-state index in [9.17, 15) is 12.8 Å². The highest BCUT2D eigenvalue weighted by Crippen LogP contribution is 2.27. The van der Waals surface area contributed by atoms with Crippen molar-refractivity contribution in [3.63, 3.8) is 0 Å². The molecule has 19 heavy (non-hydrogen) atoms. The highest BCUT2D eigenvalue weighted by Gasteiger charge is 2.31. The first-order chi connectivity index (χ1) is 8.95. The van der Waals surface area contributed by atoms with E-state index in [1.54, 1.807) is 6.07 Å². The summed E-state index contributed by atoms with van der Waals surface area (Å²) in [7, 11) is -3.71. The molecule has 1 fully saturated rings. The van der Waals surface area contributed by atoms with Gasteiger partial charge in [0, 0.05) is 17.6 Å². The number of hydrogen-bond acceptors (Lipinski definition) is 2. The zero-order valence-electron chi connectivity index (χ0n) is 10.8. The van der Waals surface area contributed by atoms with Crippen LogP contribution in [-0.4, -0.2) is 25.8 Å². The molecule has 6 heteroatoms. The number of sulfonamides is 1. The topological polar surface area (TPSA) is 37.4 Å². The maximum absolute atomic E-state index is 13.8. The summed E-state index contributed by atoms with van der Waals surface area (Å²) in [6, 6.07) is 4.07. The van der Waals surface area contributed by atoms with Crippen molar-refractivity contribution in [2.24, 2.45) is 5.92 Å². The van der Waals surface area contributed by atoms with Gasteiger partial charge in [-0.15, -0.1) is 0 Å². The lowest BCUT2D eigenvalue weighted by molar-refractivity contribution is 0.261.